The third kappa shape index (κ3) is 21.3. The van der Waals surface area contributed by atoms with Crippen molar-refractivity contribution in [3.05, 3.63) is 29.3 Å². The fourth-order valence-corrected chi connectivity index (χ4v) is 1.95. The number of carboxylic acids is 4. The molecule has 1 rings (SSSR count). The molecule has 0 fully saturated rings. The lowest BCUT2D eigenvalue weighted by Gasteiger charge is -2.18. The molecule has 0 saturated carbocycles. The fraction of sp³-hybridized carbons (Fsp3) is 0.455. The minimum absolute atomic E-state index is 0.210. The molecule has 0 heterocycles. The van der Waals surface area contributed by atoms with Gasteiger partial charge in [0.25, 0.3) is 0 Å². The summed E-state index contributed by atoms with van der Waals surface area (Å²) in [6, 6.07) is 6.53. The maximum atomic E-state index is 12.3. The monoisotopic (exact) mass is 566 g/mol. The summed E-state index contributed by atoms with van der Waals surface area (Å²) in [5.41, 5.74) is 0. The normalized spacial score (nSPS) is 10.6. The Hall–Kier alpha value is -3.95. The van der Waals surface area contributed by atoms with E-state index >= 15 is 0 Å². The van der Waals surface area contributed by atoms with Gasteiger partial charge in [-0.3, -0.25) is 4.79 Å². The molecule has 4 N–H and O–H groups in total. The zero-order valence-corrected chi connectivity index (χ0v) is 21.9. The van der Waals surface area contributed by atoms with Crippen molar-refractivity contribution >= 4 is 47.4 Å². The first-order chi connectivity index (χ1) is 17.6. The molecule has 0 bridgehead atoms. The molecule has 0 radical (unpaired) electrons. The summed E-state index contributed by atoms with van der Waals surface area (Å²) in [6.45, 7) is 1.63. The Balaban J connectivity index is 0. The number of esters is 2. The number of carbonyl (C=O) groups is 6. The van der Waals surface area contributed by atoms with E-state index in [2.05, 4.69) is 0 Å². The van der Waals surface area contributed by atoms with Crippen LogP contribution in [0, 0.1) is 0 Å². The number of hydrogen-bond acceptors (Lipinski definition) is 11. The second kappa shape index (κ2) is 20.1. The van der Waals surface area contributed by atoms with E-state index in [1.165, 1.54) is 0 Å². The lowest BCUT2D eigenvalue weighted by Crippen LogP contribution is -2.34. The van der Waals surface area contributed by atoms with Crippen molar-refractivity contribution in [3.63, 3.8) is 0 Å². The molecule has 0 saturated heterocycles. The summed E-state index contributed by atoms with van der Waals surface area (Å²) < 4.78 is 16.0. The topological polar surface area (TPSA) is 218 Å². The fourth-order valence-electron chi connectivity index (χ4n) is 1.82. The largest absolute Gasteiger partial charge is 0.478 e. The molecular formula is C22H31ClN2O13. The van der Waals surface area contributed by atoms with Gasteiger partial charge in [0.05, 0.1) is 6.42 Å². The first-order valence-electron chi connectivity index (χ1n) is 10.5. The minimum atomic E-state index is -1.82. The van der Waals surface area contributed by atoms with E-state index in [0.717, 1.165) is 0 Å². The van der Waals surface area contributed by atoms with Gasteiger partial charge in [-0.2, -0.15) is 0 Å². The van der Waals surface area contributed by atoms with Crippen molar-refractivity contribution < 1.29 is 63.4 Å². The second-order valence-corrected chi connectivity index (χ2v) is 7.92. The highest BCUT2D eigenvalue weighted by Gasteiger charge is 2.26. The van der Waals surface area contributed by atoms with Crippen LogP contribution in [0.4, 0.5) is 0 Å². The van der Waals surface area contributed by atoms with E-state index in [1.807, 2.05) is 38.0 Å². The number of benzene rings is 1. The Morgan fingerprint density at radius 1 is 0.737 bits per heavy atom. The zero-order valence-electron chi connectivity index (χ0n) is 21.2. The van der Waals surface area contributed by atoms with Crippen molar-refractivity contribution in [2.24, 2.45) is 0 Å². The number of ether oxygens (including phenoxy) is 3. The van der Waals surface area contributed by atoms with Crippen molar-refractivity contribution in [2.45, 2.75) is 12.5 Å². The van der Waals surface area contributed by atoms with Crippen molar-refractivity contribution in [2.75, 3.05) is 54.5 Å². The molecule has 0 aliphatic rings. The van der Waals surface area contributed by atoms with Crippen LogP contribution in [0.2, 0.25) is 5.02 Å². The van der Waals surface area contributed by atoms with Crippen LogP contribution < -0.4 is 4.74 Å². The quantitative estimate of drug-likeness (QED) is 0.204. The third-order valence-electron chi connectivity index (χ3n) is 3.66. The molecule has 0 aliphatic carbocycles. The molecule has 1 atom stereocenters. The molecule has 0 spiro atoms. The van der Waals surface area contributed by atoms with Crippen molar-refractivity contribution in [3.8, 4) is 5.75 Å². The van der Waals surface area contributed by atoms with Gasteiger partial charge in [-0.1, -0.05) is 11.6 Å². The Kier molecular flexibility index (Phi) is 19.2. The summed E-state index contributed by atoms with van der Waals surface area (Å²) in [6.07, 6.45) is -1.30. The van der Waals surface area contributed by atoms with Gasteiger partial charge in [-0.25, -0.2) is 24.0 Å². The molecule has 38 heavy (non-hydrogen) atoms. The first kappa shape index (κ1) is 36.2. The highest BCUT2D eigenvalue weighted by Crippen LogP contribution is 2.18. The van der Waals surface area contributed by atoms with E-state index in [4.69, 9.17) is 65.4 Å². The second-order valence-electron chi connectivity index (χ2n) is 7.48. The average Bonchev–Trinajstić information content (AvgIpc) is 2.80. The average molecular weight is 567 g/mol. The third-order valence-corrected chi connectivity index (χ3v) is 3.91. The predicted octanol–water partition coefficient (Wildman–Crippen LogP) is -0.00170. The number of carboxylic acid groups (broad SMARTS) is 4. The summed E-state index contributed by atoms with van der Waals surface area (Å²) in [5.74, 6) is -8.00. The Labute approximate surface area is 223 Å². The minimum Gasteiger partial charge on any atom is -0.478 e. The molecule has 0 aromatic heterocycles. The number of likely N-dealkylation sites (N-methyl/N-ethyl adjacent to an activating group) is 2. The number of nitrogens with zero attached hydrogens (tertiary/aromatic N) is 2. The maximum Gasteiger partial charge on any atom is 0.414 e. The summed E-state index contributed by atoms with van der Waals surface area (Å²) in [4.78, 5) is 64.5. The number of aliphatic carboxylic acids is 4. The van der Waals surface area contributed by atoms with Crippen LogP contribution in [0.25, 0.3) is 0 Å². The number of halogens is 1. The summed E-state index contributed by atoms with van der Waals surface area (Å²) in [7, 11) is 7.50. The van der Waals surface area contributed by atoms with E-state index in [0.29, 0.717) is 23.9 Å². The maximum absolute atomic E-state index is 12.3. The van der Waals surface area contributed by atoms with Crippen LogP contribution in [0.5, 0.6) is 5.75 Å². The van der Waals surface area contributed by atoms with Crippen LogP contribution in [0.15, 0.2) is 24.3 Å². The lowest BCUT2D eigenvalue weighted by molar-refractivity contribution is -0.159. The van der Waals surface area contributed by atoms with Crippen LogP contribution in [-0.2, 0) is 38.2 Å². The van der Waals surface area contributed by atoms with Crippen LogP contribution in [-0.4, -0.2) is 127 Å². The van der Waals surface area contributed by atoms with Gasteiger partial charge in [0, 0.05) is 18.1 Å². The number of hydrogen-bond donors (Lipinski definition) is 4. The van der Waals surface area contributed by atoms with Crippen molar-refractivity contribution in [1.29, 1.82) is 0 Å². The molecule has 1 unspecified atom stereocenters. The van der Waals surface area contributed by atoms with E-state index < -0.39 is 41.9 Å². The van der Waals surface area contributed by atoms with E-state index in [9.17, 15) is 9.59 Å². The van der Waals surface area contributed by atoms with Crippen LogP contribution in [0.3, 0.4) is 0 Å². The molecule has 15 nitrogen and oxygen atoms in total. The smallest absolute Gasteiger partial charge is 0.414 e. The Morgan fingerprint density at radius 3 is 1.50 bits per heavy atom. The van der Waals surface area contributed by atoms with Crippen molar-refractivity contribution in [1.82, 2.24) is 9.80 Å². The molecule has 0 aliphatic heterocycles. The SMILES string of the molecule is CN(C)CCOC(=O)CC(Oc1ccc(Cl)cc1)C(=O)OCCN(C)C.O=C(O)C(=O)O.O=C(O)C(=O)O. The summed E-state index contributed by atoms with van der Waals surface area (Å²) >= 11 is 5.85. The van der Waals surface area contributed by atoms with E-state index in [-0.39, 0.29) is 19.6 Å². The first-order valence-corrected chi connectivity index (χ1v) is 10.9. The van der Waals surface area contributed by atoms with Gasteiger partial charge >= 0.3 is 35.8 Å². The van der Waals surface area contributed by atoms with Gasteiger partial charge < -0.3 is 44.4 Å². The van der Waals surface area contributed by atoms with Gasteiger partial charge in [-0.15, -0.1) is 0 Å². The highest BCUT2D eigenvalue weighted by molar-refractivity contribution is 6.30. The van der Waals surface area contributed by atoms with Gasteiger partial charge in [0.2, 0.25) is 6.10 Å². The van der Waals surface area contributed by atoms with E-state index in [1.54, 1.807) is 24.3 Å². The number of carbonyl (C=O) groups excluding carboxylic acids is 2. The Bertz CT molecular complexity index is 872. The molecule has 214 valence electrons. The van der Waals surface area contributed by atoms with Crippen LogP contribution in [0.1, 0.15) is 6.42 Å². The van der Waals surface area contributed by atoms with Gasteiger partial charge in [-0.05, 0) is 52.5 Å². The number of rotatable bonds is 11. The lowest BCUT2D eigenvalue weighted by atomic mass is 10.2. The standard InChI is InChI=1S/C18H27ClN2O5.2C2H2O4/c1-20(2)9-11-24-17(22)13-16(18(23)25-12-10-21(3)4)26-15-7-5-14(19)6-8-15;2*3-1(4)2(5)6/h5-8,16H,9-13H2,1-4H3;2*(H,3,4)(H,5,6). The zero-order chi connectivity index (χ0) is 29.8. The van der Waals surface area contributed by atoms with Gasteiger partial charge in [0.1, 0.15) is 19.0 Å². The molecule has 1 aromatic rings. The van der Waals surface area contributed by atoms with Gasteiger partial charge in [0.15, 0.2) is 0 Å². The molecule has 16 heteroatoms. The Morgan fingerprint density at radius 2 is 1.13 bits per heavy atom. The highest BCUT2D eigenvalue weighted by atomic mass is 35.5. The molecule has 1 aromatic carbocycles. The molecule has 0 amide bonds. The predicted molar refractivity (Wildman–Crippen MR) is 130 cm³/mol. The van der Waals surface area contributed by atoms with Crippen LogP contribution >= 0.6 is 11.6 Å². The summed E-state index contributed by atoms with van der Waals surface area (Å²) in [5, 5.41) is 30.1. The molecular weight excluding hydrogens is 536 g/mol.